The third-order valence-electron chi connectivity index (χ3n) is 4.52. The zero-order valence-corrected chi connectivity index (χ0v) is 14.1. The summed E-state index contributed by atoms with van der Waals surface area (Å²) in [5.41, 5.74) is 1.52. The number of nitrogens with zero attached hydrogens (tertiary/aromatic N) is 4. The van der Waals surface area contributed by atoms with Gasteiger partial charge in [0.05, 0.1) is 4.92 Å². The van der Waals surface area contributed by atoms with Crippen molar-refractivity contribution < 1.29 is 19.3 Å². The standard InChI is InChI=1S/C16H18N4O5/c1-9(2)19-15(22)14(21)18(16(19)23)8-17-10(3)6-11-7-12(20(24)25)4-5-13(11)17/h4-5,7,9-10H,6,8H2,1-3H3. The predicted octanol–water partition coefficient (Wildman–Crippen LogP) is 1.50. The summed E-state index contributed by atoms with van der Waals surface area (Å²) in [6.07, 6.45) is 0.565. The molecule has 0 saturated carbocycles. The number of urea groups is 1. The SMILES string of the molecule is CC(C)N1C(=O)C(=O)N(CN2c3ccc([N+](=O)[O-])cc3CC2C)C1=O. The van der Waals surface area contributed by atoms with Gasteiger partial charge in [-0.15, -0.1) is 0 Å². The van der Waals surface area contributed by atoms with Crippen LogP contribution in [0.25, 0.3) is 0 Å². The van der Waals surface area contributed by atoms with E-state index < -0.39 is 28.8 Å². The van der Waals surface area contributed by atoms with Crippen molar-refractivity contribution in [2.45, 2.75) is 39.3 Å². The van der Waals surface area contributed by atoms with Crippen LogP contribution in [-0.4, -0.2) is 51.3 Å². The molecular weight excluding hydrogens is 328 g/mol. The van der Waals surface area contributed by atoms with Crippen molar-refractivity contribution >= 4 is 29.2 Å². The van der Waals surface area contributed by atoms with Crippen molar-refractivity contribution in [1.82, 2.24) is 9.80 Å². The summed E-state index contributed by atoms with van der Waals surface area (Å²) < 4.78 is 0. The predicted molar refractivity (Wildman–Crippen MR) is 87.8 cm³/mol. The molecule has 0 bridgehead atoms. The minimum Gasteiger partial charge on any atom is -0.350 e. The Balaban J connectivity index is 1.87. The number of rotatable bonds is 4. The van der Waals surface area contributed by atoms with E-state index >= 15 is 0 Å². The molecule has 1 fully saturated rings. The highest BCUT2D eigenvalue weighted by molar-refractivity contribution is 6.44. The maximum Gasteiger partial charge on any atom is 0.335 e. The van der Waals surface area contributed by atoms with Gasteiger partial charge in [0.2, 0.25) is 0 Å². The smallest absolute Gasteiger partial charge is 0.335 e. The number of hydrogen-bond donors (Lipinski definition) is 0. The van der Waals surface area contributed by atoms with E-state index in [1.165, 1.54) is 12.1 Å². The van der Waals surface area contributed by atoms with Gasteiger partial charge >= 0.3 is 17.8 Å². The first-order valence-corrected chi connectivity index (χ1v) is 7.95. The first-order chi connectivity index (χ1) is 11.7. The van der Waals surface area contributed by atoms with Crippen LogP contribution < -0.4 is 4.90 Å². The number of carbonyl (C=O) groups is 3. The number of nitro groups is 1. The highest BCUT2D eigenvalue weighted by Gasteiger charge is 2.47. The highest BCUT2D eigenvalue weighted by Crippen LogP contribution is 2.35. The Morgan fingerprint density at radius 2 is 1.92 bits per heavy atom. The molecule has 0 N–H and O–H groups in total. The minimum atomic E-state index is -0.846. The molecule has 4 amide bonds. The topological polar surface area (TPSA) is 104 Å². The normalized spacial score (nSPS) is 20.1. The van der Waals surface area contributed by atoms with E-state index in [1.54, 1.807) is 19.9 Å². The summed E-state index contributed by atoms with van der Waals surface area (Å²) in [5.74, 6) is -1.67. The second kappa shape index (κ2) is 5.83. The van der Waals surface area contributed by atoms with Crippen molar-refractivity contribution in [3.63, 3.8) is 0 Å². The number of fused-ring (bicyclic) bond motifs is 1. The van der Waals surface area contributed by atoms with E-state index in [1.807, 2.05) is 11.8 Å². The van der Waals surface area contributed by atoms with Crippen LogP contribution in [0.15, 0.2) is 18.2 Å². The summed E-state index contributed by atoms with van der Waals surface area (Å²) in [6, 6.07) is 3.42. The van der Waals surface area contributed by atoms with E-state index in [0.717, 1.165) is 21.1 Å². The van der Waals surface area contributed by atoms with E-state index in [2.05, 4.69) is 0 Å². The van der Waals surface area contributed by atoms with Crippen molar-refractivity contribution in [2.24, 2.45) is 0 Å². The zero-order chi connectivity index (χ0) is 18.5. The van der Waals surface area contributed by atoms with E-state index in [0.29, 0.717) is 6.42 Å². The molecule has 0 spiro atoms. The molecule has 25 heavy (non-hydrogen) atoms. The van der Waals surface area contributed by atoms with Crippen LogP contribution in [0.1, 0.15) is 26.3 Å². The minimum absolute atomic E-state index is 0.00212. The summed E-state index contributed by atoms with van der Waals surface area (Å²) in [7, 11) is 0. The molecule has 2 aliphatic heterocycles. The third-order valence-corrected chi connectivity index (χ3v) is 4.52. The third kappa shape index (κ3) is 2.61. The van der Waals surface area contributed by atoms with Crippen LogP contribution in [-0.2, 0) is 16.0 Å². The number of carbonyl (C=O) groups excluding carboxylic acids is 3. The molecule has 1 saturated heterocycles. The number of anilines is 1. The van der Waals surface area contributed by atoms with Gasteiger partial charge in [-0.3, -0.25) is 24.6 Å². The quantitative estimate of drug-likeness (QED) is 0.354. The van der Waals surface area contributed by atoms with Gasteiger partial charge in [0.1, 0.15) is 6.67 Å². The second-order valence-electron chi connectivity index (χ2n) is 6.52. The van der Waals surface area contributed by atoms with Crippen molar-refractivity contribution in [1.29, 1.82) is 0 Å². The first-order valence-electron chi connectivity index (χ1n) is 7.95. The number of nitro benzene ring substituents is 1. The Morgan fingerprint density at radius 1 is 1.24 bits per heavy atom. The summed E-state index contributed by atoms with van der Waals surface area (Å²) in [6.45, 7) is 5.18. The average Bonchev–Trinajstić information content (AvgIpc) is 2.95. The second-order valence-corrected chi connectivity index (χ2v) is 6.52. The molecule has 1 aromatic carbocycles. The summed E-state index contributed by atoms with van der Waals surface area (Å²) >= 11 is 0. The molecule has 2 aliphatic rings. The van der Waals surface area contributed by atoms with Crippen molar-refractivity contribution in [3.05, 3.63) is 33.9 Å². The molecule has 9 nitrogen and oxygen atoms in total. The maximum atomic E-state index is 12.4. The Hall–Kier alpha value is -2.97. The van der Waals surface area contributed by atoms with Crippen LogP contribution in [0.2, 0.25) is 0 Å². The molecular formula is C16H18N4O5. The molecule has 1 atom stereocenters. The fraction of sp³-hybridized carbons (Fsp3) is 0.438. The molecule has 1 aromatic rings. The lowest BCUT2D eigenvalue weighted by Gasteiger charge is -2.28. The van der Waals surface area contributed by atoms with Gasteiger partial charge in [-0.1, -0.05) is 0 Å². The molecule has 132 valence electrons. The summed E-state index contributed by atoms with van der Waals surface area (Å²) in [4.78, 5) is 50.7. The Kier molecular flexibility index (Phi) is 3.94. The highest BCUT2D eigenvalue weighted by atomic mass is 16.6. The van der Waals surface area contributed by atoms with Crippen molar-refractivity contribution in [2.75, 3.05) is 11.6 Å². The molecule has 3 rings (SSSR count). The Morgan fingerprint density at radius 3 is 2.48 bits per heavy atom. The molecule has 0 aromatic heterocycles. The molecule has 0 radical (unpaired) electrons. The molecule has 2 heterocycles. The lowest BCUT2D eigenvalue weighted by molar-refractivity contribution is -0.384. The van der Waals surface area contributed by atoms with Crippen LogP contribution in [0.5, 0.6) is 0 Å². The van der Waals surface area contributed by atoms with Gasteiger partial charge in [-0.25, -0.2) is 9.69 Å². The number of imide groups is 2. The lowest BCUT2D eigenvalue weighted by Crippen LogP contribution is -2.45. The van der Waals surface area contributed by atoms with Gasteiger partial charge in [0.25, 0.3) is 5.69 Å². The van der Waals surface area contributed by atoms with Gasteiger partial charge in [-0.2, -0.15) is 0 Å². The van der Waals surface area contributed by atoms with E-state index in [9.17, 15) is 24.5 Å². The zero-order valence-electron chi connectivity index (χ0n) is 14.1. The van der Waals surface area contributed by atoms with Gasteiger partial charge < -0.3 is 4.90 Å². The number of amides is 4. The van der Waals surface area contributed by atoms with E-state index in [-0.39, 0.29) is 18.4 Å². The lowest BCUT2D eigenvalue weighted by atomic mass is 10.1. The maximum absolute atomic E-state index is 12.4. The van der Waals surface area contributed by atoms with Crippen LogP contribution in [0.4, 0.5) is 16.2 Å². The van der Waals surface area contributed by atoms with E-state index in [4.69, 9.17) is 0 Å². The van der Waals surface area contributed by atoms with Crippen LogP contribution in [0, 0.1) is 10.1 Å². The first kappa shape index (κ1) is 16.9. The number of benzene rings is 1. The molecule has 1 unspecified atom stereocenters. The number of hydrogen-bond acceptors (Lipinski definition) is 6. The fourth-order valence-corrected chi connectivity index (χ4v) is 3.27. The Bertz CT molecular complexity index is 791. The van der Waals surface area contributed by atoms with Crippen molar-refractivity contribution in [3.8, 4) is 0 Å². The monoisotopic (exact) mass is 346 g/mol. The number of non-ortho nitro benzene ring substituents is 1. The van der Waals surface area contributed by atoms with Gasteiger partial charge in [0, 0.05) is 29.9 Å². The largest absolute Gasteiger partial charge is 0.350 e. The van der Waals surface area contributed by atoms with Crippen LogP contribution >= 0.6 is 0 Å². The molecule has 9 heteroatoms. The average molecular weight is 346 g/mol. The summed E-state index contributed by atoms with van der Waals surface area (Å²) in [5, 5.41) is 10.9. The van der Waals surface area contributed by atoms with Crippen LogP contribution in [0.3, 0.4) is 0 Å². The fourth-order valence-electron chi connectivity index (χ4n) is 3.27. The van der Waals surface area contributed by atoms with Gasteiger partial charge in [0.15, 0.2) is 0 Å². The van der Waals surface area contributed by atoms with Gasteiger partial charge in [-0.05, 0) is 38.8 Å². The molecule has 0 aliphatic carbocycles. The Labute approximate surface area is 143 Å².